The van der Waals surface area contributed by atoms with Crippen LogP contribution in [0.5, 0.6) is 11.5 Å². The van der Waals surface area contributed by atoms with Gasteiger partial charge < -0.3 is 10.2 Å². The second-order valence-corrected chi connectivity index (χ2v) is 3.42. The molecule has 2 nitrogen and oxygen atoms in total. The quantitative estimate of drug-likeness (QED) is 0.726. The first-order chi connectivity index (χ1) is 6.65. The van der Waals surface area contributed by atoms with Gasteiger partial charge in [-0.2, -0.15) is 0 Å². The van der Waals surface area contributed by atoms with Crippen molar-refractivity contribution < 1.29 is 10.2 Å². The predicted octanol–water partition coefficient (Wildman–Crippen LogP) is 2.79. The van der Waals surface area contributed by atoms with Gasteiger partial charge in [0.15, 0.2) is 11.5 Å². The van der Waals surface area contributed by atoms with Crippen molar-refractivity contribution in [3.63, 3.8) is 0 Å². The van der Waals surface area contributed by atoms with Crippen LogP contribution in [0.25, 0.3) is 0 Å². The summed E-state index contributed by atoms with van der Waals surface area (Å²) in [6.07, 6.45) is 2.56. The van der Waals surface area contributed by atoms with Crippen molar-refractivity contribution in [3.8, 4) is 11.5 Å². The SMILES string of the molecule is CCc1cc(O)c(O)c(CC)c1CC. The van der Waals surface area contributed by atoms with Gasteiger partial charge in [0.1, 0.15) is 0 Å². The van der Waals surface area contributed by atoms with E-state index < -0.39 is 0 Å². The Morgan fingerprint density at radius 2 is 1.50 bits per heavy atom. The van der Waals surface area contributed by atoms with E-state index >= 15 is 0 Å². The lowest BCUT2D eigenvalue weighted by Gasteiger charge is -2.14. The molecule has 78 valence electrons. The van der Waals surface area contributed by atoms with Crippen LogP contribution >= 0.6 is 0 Å². The summed E-state index contributed by atoms with van der Waals surface area (Å²) in [5, 5.41) is 19.2. The summed E-state index contributed by atoms with van der Waals surface area (Å²) in [7, 11) is 0. The van der Waals surface area contributed by atoms with Gasteiger partial charge in [0.25, 0.3) is 0 Å². The van der Waals surface area contributed by atoms with Gasteiger partial charge in [-0.25, -0.2) is 0 Å². The number of aryl methyl sites for hydroxylation is 1. The number of aromatic hydroxyl groups is 2. The van der Waals surface area contributed by atoms with E-state index in [2.05, 4.69) is 13.8 Å². The van der Waals surface area contributed by atoms with Gasteiger partial charge in [-0.3, -0.25) is 0 Å². The highest BCUT2D eigenvalue weighted by Gasteiger charge is 2.13. The lowest BCUT2D eigenvalue weighted by atomic mass is 9.94. The molecule has 0 heterocycles. The average molecular weight is 194 g/mol. The van der Waals surface area contributed by atoms with Crippen molar-refractivity contribution in [1.82, 2.24) is 0 Å². The fourth-order valence-electron chi connectivity index (χ4n) is 1.95. The minimum atomic E-state index is 0.0101. The minimum Gasteiger partial charge on any atom is -0.504 e. The van der Waals surface area contributed by atoms with Gasteiger partial charge in [0.05, 0.1) is 0 Å². The molecule has 0 radical (unpaired) electrons. The van der Waals surface area contributed by atoms with Gasteiger partial charge >= 0.3 is 0 Å². The summed E-state index contributed by atoms with van der Waals surface area (Å²) in [5.41, 5.74) is 3.22. The summed E-state index contributed by atoms with van der Waals surface area (Å²) in [4.78, 5) is 0. The van der Waals surface area contributed by atoms with Crippen LogP contribution in [0.1, 0.15) is 37.5 Å². The molecule has 1 rings (SSSR count). The number of phenolic OH excluding ortho intramolecular Hbond substituents is 2. The molecule has 0 atom stereocenters. The molecule has 0 aliphatic rings. The van der Waals surface area contributed by atoms with E-state index in [1.54, 1.807) is 6.07 Å². The van der Waals surface area contributed by atoms with Crippen LogP contribution in [0.4, 0.5) is 0 Å². The molecule has 14 heavy (non-hydrogen) atoms. The first kappa shape index (κ1) is 10.9. The fourth-order valence-corrected chi connectivity index (χ4v) is 1.95. The topological polar surface area (TPSA) is 40.5 Å². The Hall–Kier alpha value is -1.18. The third-order valence-electron chi connectivity index (χ3n) is 2.68. The standard InChI is InChI=1S/C12H18O2/c1-4-8-7-11(13)12(14)10(6-3)9(8)5-2/h7,13-14H,4-6H2,1-3H3. The molecule has 0 aliphatic carbocycles. The lowest BCUT2D eigenvalue weighted by molar-refractivity contribution is 0.398. The monoisotopic (exact) mass is 194 g/mol. The van der Waals surface area contributed by atoms with Crippen molar-refractivity contribution in [3.05, 3.63) is 22.8 Å². The Labute approximate surface area is 85.2 Å². The molecule has 0 fully saturated rings. The highest BCUT2D eigenvalue weighted by atomic mass is 16.3. The van der Waals surface area contributed by atoms with Crippen LogP contribution < -0.4 is 0 Å². The summed E-state index contributed by atoms with van der Waals surface area (Å²) in [6.45, 7) is 6.13. The van der Waals surface area contributed by atoms with Gasteiger partial charge in [0, 0.05) is 5.56 Å². The highest BCUT2D eigenvalue weighted by molar-refractivity contribution is 5.53. The molecule has 0 bridgehead atoms. The fraction of sp³-hybridized carbons (Fsp3) is 0.500. The Morgan fingerprint density at radius 3 is 1.93 bits per heavy atom. The first-order valence-corrected chi connectivity index (χ1v) is 5.21. The zero-order valence-corrected chi connectivity index (χ0v) is 9.09. The molecule has 0 unspecified atom stereocenters. The number of hydrogen-bond acceptors (Lipinski definition) is 2. The summed E-state index contributed by atoms with van der Waals surface area (Å²) in [5.74, 6) is 0.0671. The molecule has 0 aromatic heterocycles. The zero-order valence-electron chi connectivity index (χ0n) is 9.09. The predicted molar refractivity (Wildman–Crippen MR) is 57.9 cm³/mol. The molecule has 2 heteroatoms. The van der Waals surface area contributed by atoms with E-state index in [1.165, 1.54) is 5.56 Å². The lowest BCUT2D eigenvalue weighted by Crippen LogP contribution is -1.98. The Morgan fingerprint density at radius 1 is 0.929 bits per heavy atom. The van der Waals surface area contributed by atoms with Gasteiger partial charge in [-0.1, -0.05) is 20.8 Å². The van der Waals surface area contributed by atoms with Gasteiger partial charge in [0.2, 0.25) is 0 Å². The average Bonchev–Trinajstić information content (AvgIpc) is 2.20. The third-order valence-corrected chi connectivity index (χ3v) is 2.68. The van der Waals surface area contributed by atoms with E-state index in [-0.39, 0.29) is 11.5 Å². The molecule has 0 aliphatic heterocycles. The summed E-state index contributed by atoms with van der Waals surface area (Å²) in [6, 6.07) is 1.67. The van der Waals surface area contributed by atoms with Crippen molar-refractivity contribution >= 4 is 0 Å². The number of hydrogen-bond donors (Lipinski definition) is 2. The van der Waals surface area contributed by atoms with Gasteiger partial charge in [-0.05, 0) is 36.5 Å². The highest BCUT2D eigenvalue weighted by Crippen LogP contribution is 2.34. The molecule has 0 amide bonds. The molecular formula is C12H18O2. The summed E-state index contributed by atoms with van der Waals surface area (Å²) >= 11 is 0. The molecule has 0 saturated carbocycles. The Balaban J connectivity index is 3.42. The van der Waals surface area contributed by atoms with Crippen molar-refractivity contribution in [2.24, 2.45) is 0 Å². The van der Waals surface area contributed by atoms with Gasteiger partial charge in [-0.15, -0.1) is 0 Å². The van der Waals surface area contributed by atoms with Crippen LogP contribution in [-0.4, -0.2) is 10.2 Å². The van der Waals surface area contributed by atoms with E-state index in [0.29, 0.717) is 0 Å². The normalized spacial score (nSPS) is 10.5. The molecule has 1 aromatic rings. The number of benzene rings is 1. The maximum atomic E-state index is 9.68. The van der Waals surface area contributed by atoms with Crippen molar-refractivity contribution in [1.29, 1.82) is 0 Å². The zero-order chi connectivity index (χ0) is 10.7. The second kappa shape index (κ2) is 4.36. The van der Waals surface area contributed by atoms with Crippen LogP contribution in [0.15, 0.2) is 6.07 Å². The smallest absolute Gasteiger partial charge is 0.160 e. The first-order valence-electron chi connectivity index (χ1n) is 5.21. The summed E-state index contributed by atoms with van der Waals surface area (Å²) < 4.78 is 0. The maximum Gasteiger partial charge on any atom is 0.160 e. The van der Waals surface area contributed by atoms with Crippen LogP contribution in [-0.2, 0) is 19.3 Å². The maximum absolute atomic E-state index is 9.68. The van der Waals surface area contributed by atoms with E-state index in [4.69, 9.17) is 0 Å². The second-order valence-electron chi connectivity index (χ2n) is 3.42. The van der Waals surface area contributed by atoms with E-state index in [0.717, 1.165) is 30.4 Å². The van der Waals surface area contributed by atoms with Crippen LogP contribution in [0.3, 0.4) is 0 Å². The molecular weight excluding hydrogens is 176 g/mol. The molecule has 1 aromatic carbocycles. The Bertz CT molecular complexity index is 330. The largest absolute Gasteiger partial charge is 0.504 e. The Kier molecular flexibility index (Phi) is 3.39. The molecule has 0 saturated heterocycles. The van der Waals surface area contributed by atoms with Crippen molar-refractivity contribution in [2.75, 3.05) is 0 Å². The number of phenols is 2. The molecule has 0 spiro atoms. The molecule has 2 N–H and O–H groups in total. The third kappa shape index (κ3) is 1.69. The van der Waals surface area contributed by atoms with Crippen LogP contribution in [0.2, 0.25) is 0 Å². The van der Waals surface area contributed by atoms with E-state index in [9.17, 15) is 10.2 Å². The van der Waals surface area contributed by atoms with E-state index in [1.807, 2.05) is 6.92 Å². The number of rotatable bonds is 3. The van der Waals surface area contributed by atoms with Crippen LogP contribution in [0, 0.1) is 0 Å². The minimum absolute atomic E-state index is 0.0101. The van der Waals surface area contributed by atoms with Crippen molar-refractivity contribution in [2.45, 2.75) is 40.0 Å².